The second-order valence-corrected chi connectivity index (χ2v) is 7.20. The number of benzene rings is 2. The lowest BCUT2D eigenvalue weighted by Crippen LogP contribution is -2.28. The summed E-state index contributed by atoms with van der Waals surface area (Å²) in [4.78, 5) is 11.9. The second-order valence-electron chi connectivity index (χ2n) is 5.96. The molecule has 0 saturated heterocycles. The average molecular weight is 345 g/mol. The first-order valence-electron chi connectivity index (χ1n) is 7.92. The van der Waals surface area contributed by atoms with Gasteiger partial charge in [0.1, 0.15) is 16.8 Å². The molecule has 4 nitrogen and oxygen atoms in total. The minimum absolute atomic E-state index is 0.0611. The van der Waals surface area contributed by atoms with E-state index < -0.39 is 17.1 Å². The maximum atomic E-state index is 12.6. The van der Waals surface area contributed by atoms with Crippen molar-refractivity contribution in [1.29, 1.82) is 0 Å². The third-order valence-corrected chi connectivity index (χ3v) is 4.92. The van der Waals surface area contributed by atoms with Crippen LogP contribution in [0, 0.1) is 6.92 Å². The van der Waals surface area contributed by atoms with E-state index >= 15 is 0 Å². The lowest BCUT2D eigenvalue weighted by molar-refractivity contribution is -0.118. The normalized spacial score (nSPS) is 14.8. The van der Waals surface area contributed by atoms with Gasteiger partial charge in [0.15, 0.2) is 0 Å². The van der Waals surface area contributed by atoms with E-state index in [1.165, 1.54) is 6.92 Å². The first-order valence-corrected chi connectivity index (χ1v) is 9.07. The highest BCUT2D eigenvalue weighted by atomic mass is 32.2. The SMILES string of the molecule is CC(=O)C[C@H](O)C[C@@H](NS(=O)c1ccc(C)cc1)c1ccccc1. The molecular weight excluding hydrogens is 322 g/mol. The number of Topliss-reactive ketones (excluding diaryl/α,β-unsaturated/α-hetero) is 1. The molecule has 2 N–H and O–H groups in total. The standard InChI is InChI=1S/C19H23NO3S/c1-14-8-10-18(11-9-14)24(23)20-19(13-17(22)12-15(2)21)16-6-4-3-5-7-16/h3-11,17,19-20,22H,12-13H2,1-2H3/t17-,19+,24?/m0/s1. The molecule has 0 radical (unpaired) electrons. The summed E-state index contributed by atoms with van der Waals surface area (Å²) in [5.74, 6) is -0.0611. The summed E-state index contributed by atoms with van der Waals surface area (Å²) in [5, 5.41) is 10.1. The van der Waals surface area contributed by atoms with Gasteiger partial charge in [-0.25, -0.2) is 8.93 Å². The highest BCUT2D eigenvalue weighted by Crippen LogP contribution is 2.22. The molecule has 128 valence electrons. The zero-order valence-corrected chi connectivity index (χ0v) is 14.8. The highest BCUT2D eigenvalue weighted by Gasteiger charge is 2.20. The first-order chi connectivity index (χ1) is 11.5. The molecule has 0 aromatic heterocycles. The van der Waals surface area contributed by atoms with Gasteiger partial charge in [0.2, 0.25) is 0 Å². The van der Waals surface area contributed by atoms with Crippen LogP contribution in [0.25, 0.3) is 0 Å². The molecule has 5 heteroatoms. The molecule has 0 spiro atoms. The Bertz CT molecular complexity index is 686. The van der Waals surface area contributed by atoms with Gasteiger partial charge >= 0.3 is 0 Å². The predicted molar refractivity (Wildman–Crippen MR) is 95.8 cm³/mol. The van der Waals surface area contributed by atoms with Gasteiger partial charge in [-0.05, 0) is 38.0 Å². The summed E-state index contributed by atoms with van der Waals surface area (Å²) >= 11 is 0. The van der Waals surface area contributed by atoms with E-state index in [1.807, 2.05) is 61.5 Å². The number of carbonyl (C=O) groups excluding carboxylic acids is 1. The van der Waals surface area contributed by atoms with Gasteiger partial charge in [0, 0.05) is 12.5 Å². The van der Waals surface area contributed by atoms with Crippen molar-refractivity contribution in [3.63, 3.8) is 0 Å². The van der Waals surface area contributed by atoms with Crippen LogP contribution in [0.15, 0.2) is 59.5 Å². The number of aliphatic hydroxyl groups excluding tert-OH is 1. The Morgan fingerprint density at radius 1 is 1.12 bits per heavy atom. The largest absolute Gasteiger partial charge is 0.393 e. The van der Waals surface area contributed by atoms with Gasteiger partial charge in [0.25, 0.3) is 0 Å². The average Bonchev–Trinajstić information content (AvgIpc) is 2.55. The van der Waals surface area contributed by atoms with Crippen molar-refractivity contribution in [2.45, 2.75) is 43.7 Å². The number of aliphatic hydroxyl groups is 1. The summed E-state index contributed by atoms with van der Waals surface area (Å²) in [5.41, 5.74) is 2.04. The molecule has 0 fully saturated rings. The van der Waals surface area contributed by atoms with Crippen molar-refractivity contribution in [2.24, 2.45) is 0 Å². The van der Waals surface area contributed by atoms with Crippen molar-refractivity contribution in [2.75, 3.05) is 0 Å². The van der Waals surface area contributed by atoms with Crippen LogP contribution in [0.2, 0.25) is 0 Å². The van der Waals surface area contributed by atoms with E-state index in [0.717, 1.165) is 11.1 Å². The first kappa shape index (κ1) is 18.5. The molecule has 3 atom stereocenters. The van der Waals surface area contributed by atoms with Gasteiger partial charge in [-0.2, -0.15) is 0 Å². The van der Waals surface area contributed by atoms with Crippen LogP contribution in [0.5, 0.6) is 0 Å². The third-order valence-electron chi connectivity index (χ3n) is 3.72. The van der Waals surface area contributed by atoms with Gasteiger partial charge in [-0.15, -0.1) is 0 Å². The van der Waals surface area contributed by atoms with Crippen LogP contribution < -0.4 is 4.72 Å². The van der Waals surface area contributed by atoms with E-state index in [1.54, 1.807) is 0 Å². The Morgan fingerprint density at radius 3 is 2.33 bits per heavy atom. The van der Waals surface area contributed by atoms with E-state index in [-0.39, 0.29) is 18.2 Å². The Balaban J connectivity index is 2.14. The Morgan fingerprint density at radius 2 is 1.75 bits per heavy atom. The van der Waals surface area contributed by atoms with Crippen LogP contribution in [0.1, 0.15) is 36.9 Å². The molecule has 2 aromatic carbocycles. The van der Waals surface area contributed by atoms with Crippen LogP contribution in [0.4, 0.5) is 0 Å². The molecule has 2 aromatic rings. The smallest absolute Gasteiger partial charge is 0.132 e. The van der Waals surface area contributed by atoms with Crippen molar-refractivity contribution >= 4 is 16.8 Å². The maximum Gasteiger partial charge on any atom is 0.132 e. The summed E-state index contributed by atoms with van der Waals surface area (Å²) in [7, 11) is -1.40. The second kappa shape index (κ2) is 8.87. The van der Waals surface area contributed by atoms with E-state index in [4.69, 9.17) is 0 Å². The Kier molecular flexibility index (Phi) is 6.85. The van der Waals surface area contributed by atoms with Crippen LogP contribution in [0.3, 0.4) is 0 Å². The minimum atomic E-state index is -1.40. The summed E-state index contributed by atoms with van der Waals surface area (Å²) in [6.07, 6.45) is -0.348. The van der Waals surface area contributed by atoms with E-state index in [9.17, 15) is 14.1 Å². The summed E-state index contributed by atoms with van der Waals surface area (Å²) in [6.45, 7) is 3.43. The zero-order valence-electron chi connectivity index (χ0n) is 13.9. The van der Waals surface area contributed by atoms with Crippen molar-refractivity contribution in [1.82, 2.24) is 4.72 Å². The molecule has 0 aliphatic carbocycles. The molecule has 2 rings (SSSR count). The van der Waals surface area contributed by atoms with Crippen molar-refractivity contribution in [3.05, 3.63) is 65.7 Å². The fourth-order valence-electron chi connectivity index (χ4n) is 2.48. The Hall–Kier alpha value is -1.82. The number of carbonyl (C=O) groups is 1. The lowest BCUT2D eigenvalue weighted by Gasteiger charge is -2.21. The fraction of sp³-hybridized carbons (Fsp3) is 0.316. The molecule has 0 aliphatic rings. The van der Waals surface area contributed by atoms with Crippen LogP contribution in [-0.2, 0) is 15.8 Å². The maximum absolute atomic E-state index is 12.6. The van der Waals surface area contributed by atoms with E-state index in [2.05, 4.69) is 4.72 Å². The van der Waals surface area contributed by atoms with Gasteiger partial charge in [-0.3, -0.25) is 4.79 Å². The third kappa shape index (κ3) is 5.67. The highest BCUT2D eigenvalue weighted by molar-refractivity contribution is 7.83. The molecular formula is C19H23NO3S. The summed E-state index contributed by atoms with van der Waals surface area (Å²) < 4.78 is 15.7. The van der Waals surface area contributed by atoms with Gasteiger partial charge in [-0.1, -0.05) is 48.0 Å². The molecule has 0 bridgehead atoms. The molecule has 1 unspecified atom stereocenters. The van der Waals surface area contributed by atoms with Gasteiger partial charge < -0.3 is 5.11 Å². The quantitative estimate of drug-likeness (QED) is 0.773. The number of nitrogens with one attached hydrogen (secondary N) is 1. The topological polar surface area (TPSA) is 66.4 Å². The monoisotopic (exact) mass is 345 g/mol. The molecule has 0 aliphatic heterocycles. The number of hydrogen-bond acceptors (Lipinski definition) is 3. The Labute approximate surface area is 145 Å². The van der Waals surface area contributed by atoms with Crippen molar-refractivity contribution < 1.29 is 14.1 Å². The molecule has 0 heterocycles. The number of aryl methyl sites for hydroxylation is 1. The lowest BCUT2D eigenvalue weighted by atomic mass is 9.99. The minimum Gasteiger partial charge on any atom is -0.393 e. The number of hydrogen-bond donors (Lipinski definition) is 2. The summed E-state index contributed by atoms with van der Waals surface area (Å²) in [6, 6.07) is 16.7. The number of ketones is 1. The fourth-order valence-corrected chi connectivity index (χ4v) is 3.49. The van der Waals surface area contributed by atoms with E-state index in [0.29, 0.717) is 11.3 Å². The van der Waals surface area contributed by atoms with Crippen LogP contribution >= 0.6 is 0 Å². The number of rotatable bonds is 8. The van der Waals surface area contributed by atoms with Crippen molar-refractivity contribution in [3.8, 4) is 0 Å². The molecule has 0 amide bonds. The predicted octanol–water partition coefficient (Wildman–Crippen LogP) is 3.08. The zero-order chi connectivity index (χ0) is 17.5. The molecule has 24 heavy (non-hydrogen) atoms. The van der Waals surface area contributed by atoms with Crippen LogP contribution in [-0.4, -0.2) is 21.2 Å². The molecule has 0 saturated carbocycles. The van der Waals surface area contributed by atoms with Gasteiger partial charge in [0.05, 0.1) is 11.0 Å².